The van der Waals surface area contributed by atoms with Gasteiger partial charge in [-0.25, -0.2) is 9.94 Å². The zero-order valence-corrected chi connectivity index (χ0v) is 14.5. The first kappa shape index (κ1) is 16.0. The molecule has 0 bridgehead atoms. The van der Waals surface area contributed by atoms with Crippen LogP contribution in [0.2, 0.25) is 0 Å². The molecule has 1 amide bonds. The molecule has 7 nitrogen and oxygen atoms in total. The van der Waals surface area contributed by atoms with E-state index in [0.29, 0.717) is 12.0 Å². The third kappa shape index (κ3) is 2.54. The molecular weight excluding hydrogens is 328 g/mol. The van der Waals surface area contributed by atoms with Crippen molar-refractivity contribution >= 4 is 28.8 Å². The Labute approximate surface area is 150 Å². The van der Waals surface area contributed by atoms with Crippen molar-refractivity contribution in [3.8, 4) is 0 Å². The number of carbonyl (C=O) groups is 1. The predicted octanol–water partition coefficient (Wildman–Crippen LogP) is 2.55. The average molecular weight is 346 g/mol. The molecule has 0 saturated heterocycles. The third-order valence-corrected chi connectivity index (χ3v) is 4.35. The molecule has 0 radical (unpaired) electrons. The first-order chi connectivity index (χ1) is 12.7. The summed E-state index contributed by atoms with van der Waals surface area (Å²) in [5.74, 6) is -0.275. The van der Waals surface area contributed by atoms with Gasteiger partial charge in [-0.1, -0.05) is 25.1 Å². The number of aromatic nitrogens is 4. The van der Waals surface area contributed by atoms with Gasteiger partial charge in [0, 0.05) is 25.0 Å². The summed E-state index contributed by atoms with van der Waals surface area (Å²) in [6.45, 7) is 1.99. The molecule has 3 heterocycles. The molecule has 0 saturated carbocycles. The fraction of sp³-hybridized carbons (Fsp3) is 0.158. The lowest BCUT2D eigenvalue weighted by atomic mass is 10.2. The smallest absolute Gasteiger partial charge is 0.277 e. The number of nitrogens with zero attached hydrogens (tertiary/aromatic N) is 5. The van der Waals surface area contributed by atoms with E-state index in [1.165, 1.54) is 0 Å². The highest BCUT2D eigenvalue weighted by atomic mass is 16.2. The molecule has 0 aliphatic carbocycles. The minimum atomic E-state index is -0.275. The Bertz CT molecular complexity index is 1120. The van der Waals surface area contributed by atoms with Crippen molar-refractivity contribution in [1.29, 1.82) is 0 Å². The lowest BCUT2D eigenvalue weighted by Crippen LogP contribution is -2.19. The van der Waals surface area contributed by atoms with E-state index in [-0.39, 0.29) is 5.91 Å². The molecule has 7 heteroatoms. The number of nitrogens with one attached hydrogen (secondary N) is 1. The molecule has 26 heavy (non-hydrogen) atoms. The number of aryl methyl sites for hydroxylation is 2. The van der Waals surface area contributed by atoms with Gasteiger partial charge in [-0.2, -0.15) is 10.2 Å². The SMILES string of the molecule is CCc1nn2c3ccccc3n(C)c2c1C(=O)N/N=C/c1cccnc1. The van der Waals surface area contributed by atoms with Crippen LogP contribution < -0.4 is 5.43 Å². The van der Waals surface area contributed by atoms with Crippen LogP contribution in [0.1, 0.15) is 28.5 Å². The van der Waals surface area contributed by atoms with E-state index in [1.54, 1.807) is 18.6 Å². The van der Waals surface area contributed by atoms with Gasteiger partial charge in [0.1, 0.15) is 11.2 Å². The second-order valence-electron chi connectivity index (χ2n) is 5.94. The van der Waals surface area contributed by atoms with Crippen molar-refractivity contribution in [1.82, 2.24) is 24.6 Å². The van der Waals surface area contributed by atoms with Gasteiger partial charge in [0.25, 0.3) is 5.91 Å². The minimum absolute atomic E-state index is 0.275. The third-order valence-electron chi connectivity index (χ3n) is 4.35. The van der Waals surface area contributed by atoms with Crippen molar-refractivity contribution in [2.24, 2.45) is 12.1 Å². The van der Waals surface area contributed by atoms with Crippen LogP contribution >= 0.6 is 0 Å². The van der Waals surface area contributed by atoms with E-state index in [9.17, 15) is 4.79 Å². The van der Waals surface area contributed by atoms with Gasteiger partial charge in [-0.3, -0.25) is 9.78 Å². The number of amides is 1. The van der Waals surface area contributed by atoms with Crippen molar-refractivity contribution in [2.45, 2.75) is 13.3 Å². The first-order valence-electron chi connectivity index (χ1n) is 8.39. The number of fused-ring (bicyclic) bond motifs is 3. The zero-order chi connectivity index (χ0) is 18.1. The quantitative estimate of drug-likeness (QED) is 0.456. The summed E-state index contributed by atoms with van der Waals surface area (Å²) in [7, 11) is 1.94. The second-order valence-corrected chi connectivity index (χ2v) is 5.94. The van der Waals surface area contributed by atoms with E-state index in [0.717, 1.165) is 27.9 Å². The summed E-state index contributed by atoms with van der Waals surface area (Å²) in [5, 5.41) is 8.69. The first-order valence-corrected chi connectivity index (χ1v) is 8.39. The van der Waals surface area contributed by atoms with E-state index in [4.69, 9.17) is 0 Å². The molecular formula is C19H18N6O. The molecule has 0 unspecified atom stereocenters. The predicted molar refractivity (Wildman–Crippen MR) is 100 cm³/mol. The molecule has 4 aromatic rings. The van der Waals surface area contributed by atoms with Gasteiger partial charge in [0.15, 0.2) is 0 Å². The zero-order valence-electron chi connectivity index (χ0n) is 14.5. The largest absolute Gasteiger partial charge is 0.327 e. The van der Waals surface area contributed by atoms with Gasteiger partial charge in [-0.05, 0) is 24.6 Å². The maximum atomic E-state index is 12.8. The van der Waals surface area contributed by atoms with Gasteiger partial charge in [0.05, 0.1) is 22.9 Å². The summed E-state index contributed by atoms with van der Waals surface area (Å²) in [5.41, 5.74) is 7.47. The van der Waals surface area contributed by atoms with Gasteiger partial charge < -0.3 is 4.57 Å². The summed E-state index contributed by atoms with van der Waals surface area (Å²) >= 11 is 0. The number of carbonyl (C=O) groups excluding carboxylic acids is 1. The fourth-order valence-electron chi connectivity index (χ4n) is 3.13. The Hall–Kier alpha value is -3.48. The Morgan fingerprint density at radius 2 is 2.04 bits per heavy atom. The normalized spacial score (nSPS) is 11.6. The molecule has 0 aliphatic rings. The summed E-state index contributed by atoms with van der Waals surface area (Å²) < 4.78 is 3.81. The summed E-state index contributed by atoms with van der Waals surface area (Å²) in [6, 6.07) is 11.6. The standard InChI is InChI=1S/C19H18N6O/c1-3-14-17(18(26)22-21-12-13-7-6-10-20-11-13)19-24(2)15-8-4-5-9-16(15)25(19)23-14/h4-12H,3H2,1-2H3,(H,22,26)/b21-12+. The molecule has 1 aromatic carbocycles. The molecule has 0 aliphatic heterocycles. The van der Waals surface area contributed by atoms with E-state index < -0.39 is 0 Å². The number of imidazole rings is 1. The fourth-order valence-corrected chi connectivity index (χ4v) is 3.13. The van der Waals surface area contributed by atoms with Crippen LogP contribution in [0.4, 0.5) is 0 Å². The van der Waals surface area contributed by atoms with Gasteiger partial charge in [-0.15, -0.1) is 0 Å². The molecule has 130 valence electrons. The topological polar surface area (TPSA) is 76.6 Å². The van der Waals surface area contributed by atoms with Crippen molar-refractivity contribution in [2.75, 3.05) is 0 Å². The number of para-hydroxylation sites is 2. The minimum Gasteiger partial charge on any atom is -0.327 e. The van der Waals surface area contributed by atoms with Crippen LogP contribution in [0.25, 0.3) is 16.7 Å². The van der Waals surface area contributed by atoms with Crippen molar-refractivity contribution < 1.29 is 4.79 Å². The number of hydrogen-bond acceptors (Lipinski definition) is 4. The molecule has 0 atom stereocenters. The van der Waals surface area contributed by atoms with Crippen LogP contribution in [0.15, 0.2) is 53.9 Å². The van der Waals surface area contributed by atoms with Crippen LogP contribution in [0.5, 0.6) is 0 Å². The number of benzene rings is 1. The highest BCUT2D eigenvalue weighted by Crippen LogP contribution is 2.24. The average Bonchev–Trinajstić information content (AvgIpc) is 3.19. The Balaban J connectivity index is 1.75. The molecule has 1 N–H and O–H groups in total. The second kappa shape index (κ2) is 6.44. The number of hydrazone groups is 1. The van der Waals surface area contributed by atoms with Crippen LogP contribution in [-0.2, 0) is 13.5 Å². The summed E-state index contributed by atoms with van der Waals surface area (Å²) in [6.07, 6.45) is 5.59. The highest BCUT2D eigenvalue weighted by molar-refractivity contribution is 6.03. The van der Waals surface area contributed by atoms with Crippen LogP contribution in [0, 0.1) is 0 Å². The highest BCUT2D eigenvalue weighted by Gasteiger charge is 2.23. The van der Waals surface area contributed by atoms with E-state index in [2.05, 4.69) is 20.6 Å². The Morgan fingerprint density at radius 3 is 2.77 bits per heavy atom. The molecule has 0 fully saturated rings. The monoisotopic (exact) mass is 346 g/mol. The van der Waals surface area contributed by atoms with Crippen LogP contribution in [-0.4, -0.2) is 31.3 Å². The maximum absolute atomic E-state index is 12.8. The summed E-state index contributed by atoms with van der Waals surface area (Å²) in [4.78, 5) is 16.8. The molecule has 4 rings (SSSR count). The van der Waals surface area contributed by atoms with E-state index in [1.807, 2.05) is 59.5 Å². The Kier molecular flexibility index (Phi) is 3.96. The Morgan fingerprint density at radius 1 is 1.23 bits per heavy atom. The van der Waals surface area contributed by atoms with Gasteiger partial charge in [0.2, 0.25) is 0 Å². The number of pyridine rings is 1. The molecule has 3 aromatic heterocycles. The maximum Gasteiger partial charge on any atom is 0.277 e. The van der Waals surface area contributed by atoms with E-state index >= 15 is 0 Å². The molecule has 0 spiro atoms. The lowest BCUT2D eigenvalue weighted by Gasteiger charge is -2.02. The lowest BCUT2D eigenvalue weighted by molar-refractivity contribution is 0.0955. The van der Waals surface area contributed by atoms with Crippen molar-refractivity contribution in [3.63, 3.8) is 0 Å². The van der Waals surface area contributed by atoms with Crippen molar-refractivity contribution in [3.05, 3.63) is 65.6 Å². The number of hydrogen-bond donors (Lipinski definition) is 1. The van der Waals surface area contributed by atoms with Crippen LogP contribution in [0.3, 0.4) is 0 Å². The van der Waals surface area contributed by atoms with Gasteiger partial charge >= 0.3 is 0 Å². The number of rotatable bonds is 4.